The van der Waals surface area contributed by atoms with Crippen LogP contribution < -0.4 is 0 Å². The van der Waals surface area contributed by atoms with Crippen molar-refractivity contribution in [3.8, 4) is 6.07 Å². The minimum Gasteiger partial charge on any atom is -0.444 e. The highest BCUT2D eigenvalue weighted by atomic mass is 16.6. The summed E-state index contributed by atoms with van der Waals surface area (Å²) >= 11 is 0. The number of carbonyl (C=O) groups is 1. The molecule has 1 aliphatic rings. The van der Waals surface area contributed by atoms with Gasteiger partial charge in [-0.1, -0.05) is 6.08 Å². The molecule has 0 atom stereocenters. The smallest absolute Gasteiger partial charge is 0.410 e. The lowest BCUT2D eigenvalue weighted by molar-refractivity contribution is 0.0270. The number of aromatic nitrogens is 1. The lowest BCUT2D eigenvalue weighted by Crippen LogP contribution is -2.39. The van der Waals surface area contributed by atoms with Gasteiger partial charge in [-0.25, -0.2) is 4.79 Å². The molecule has 0 spiro atoms. The summed E-state index contributed by atoms with van der Waals surface area (Å²) in [5.41, 5.74) is 2.97. The molecule has 22 heavy (non-hydrogen) atoms. The molecule has 2 rings (SSSR count). The molecule has 1 amide bonds. The maximum Gasteiger partial charge on any atom is 0.410 e. The predicted molar refractivity (Wildman–Crippen MR) is 84.1 cm³/mol. The van der Waals surface area contributed by atoms with Gasteiger partial charge < -0.3 is 9.64 Å². The maximum absolute atomic E-state index is 12.0. The van der Waals surface area contributed by atoms with Crippen molar-refractivity contribution in [2.24, 2.45) is 0 Å². The van der Waals surface area contributed by atoms with Crippen LogP contribution in [0.15, 0.2) is 18.5 Å². The fourth-order valence-corrected chi connectivity index (χ4v) is 2.36. The van der Waals surface area contributed by atoms with E-state index < -0.39 is 5.60 Å². The van der Waals surface area contributed by atoms with Crippen LogP contribution in [0.25, 0.3) is 5.57 Å². The molecule has 0 saturated carbocycles. The average Bonchev–Trinajstić information content (AvgIpc) is 2.45. The molecule has 2 heterocycles. The highest BCUT2D eigenvalue weighted by Gasteiger charge is 2.24. The van der Waals surface area contributed by atoms with E-state index in [0.717, 1.165) is 16.7 Å². The summed E-state index contributed by atoms with van der Waals surface area (Å²) < 4.78 is 5.38. The number of ether oxygens (including phenoxy) is 1. The number of amides is 1. The van der Waals surface area contributed by atoms with Crippen LogP contribution in [0, 0.1) is 18.3 Å². The normalized spacial score (nSPS) is 15.0. The molecule has 0 N–H and O–H groups in total. The average molecular weight is 299 g/mol. The van der Waals surface area contributed by atoms with Crippen molar-refractivity contribution in [3.05, 3.63) is 35.2 Å². The Hall–Kier alpha value is -2.35. The van der Waals surface area contributed by atoms with Crippen LogP contribution >= 0.6 is 0 Å². The quantitative estimate of drug-likeness (QED) is 0.798. The Labute approximate surface area is 131 Å². The largest absolute Gasteiger partial charge is 0.444 e. The molecular weight excluding hydrogens is 278 g/mol. The van der Waals surface area contributed by atoms with Gasteiger partial charge >= 0.3 is 6.09 Å². The third-order valence-electron chi connectivity index (χ3n) is 3.45. The Morgan fingerprint density at radius 2 is 2.14 bits per heavy atom. The molecule has 0 aromatic carbocycles. The van der Waals surface area contributed by atoms with Gasteiger partial charge in [-0.05, 0) is 45.3 Å². The van der Waals surface area contributed by atoms with Crippen molar-refractivity contribution >= 4 is 11.7 Å². The van der Waals surface area contributed by atoms with E-state index in [1.54, 1.807) is 17.3 Å². The number of aryl methyl sites for hydroxylation is 1. The molecule has 1 aliphatic heterocycles. The minimum atomic E-state index is -0.491. The predicted octanol–water partition coefficient (Wildman–Crippen LogP) is 3.29. The van der Waals surface area contributed by atoms with Gasteiger partial charge in [-0.15, -0.1) is 0 Å². The van der Waals surface area contributed by atoms with Crippen molar-refractivity contribution in [2.75, 3.05) is 13.1 Å². The third kappa shape index (κ3) is 3.64. The molecule has 0 radical (unpaired) electrons. The zero-order valence-electron chi connectivity index (χ0n) is 13.5. The Bertz CT molecular complexity index is 651. The highest BCUT2D eigenvalue weighted by molar-refractivity contribution is 5.75. The number of nitriles is 1. The van der Waals surface area contributed by atoms with E-state index in [1.165, 1.54) is 0 Å². The van der Waals surface area contributed by atoms with Crippen LogP contribution in [-0.4, -0.2) is 34.7 Å². The van der Waals surface area contributed by atoms with Crippen LogP contribution in [0.1, 0.15) is 43.9 Å². The van der Waals surface area contributed by atoms with Crippen LogP contribution in [0.3, 0.4) is 0 Å². The van der Waals surface area contributed by atoms with Crippen LogP contribution in [0.4, 0.5) is 4.79 Å². The number of pyridine rings is 1. The van der Waals surface area contributed by atoms with Crippen molar-refractivity contribution in [1.29, 1.82) is 5.26 Å². The zero-order valence-corrected chi connectivity index (χ0v) is 13.5. The summed E-state index contributed by atoms with van der Waals surface area (Å²) in [5, 5.41) is 9.31. The van der Waals surface area contributed by atoms with E-state index in [9.17, 15) is 10.1 Å². The Morgan fingerprint density at radius 1 is 1.41 bits per heavy atom. The van der Waals surface area contributed by atoms with Gasteiger partial charge in [-0.3, -0.25) is 4.98 Å². The van der Waals surface area contributed by atoms with Crippen LogP contribution in [-0.2, 0) is 4.74 Å². The van der Waals surface area contributed by atoms with E-state index in [1.807, 2.05) is 33.8 Å². The molecule has 0 bridgehead atoms. The summed E-state index contributed by atoms with van der Waals surface area (Å²) in [7, 11) is 0. The first-order valence-electron chi connectivity index (χ1n) is 7.34. The topological polar surface area (TPSA) is 66.2 Å². The fraction of sp³-hybridized carbons (Fsp3) is 0.471. The summed E-state index contributed by atoms with van der Waals surface area (Å²) in [6.45, 7) is 8.52. The van der Waals surface area contributed by atoms with Crippen molar-refractivity contribution in [1.82, 2.24) is 9.88 Å². The van der Waals surface area contributed by atoms with E-state index >= 15 is 0 Å². The molecule has 1 aromatic heterocycles. The number of nitrogens with zero attached hydrogens (tertiary/aromatic N) is 3. The number of carbonyl (C=O) groups excluding carboxylic acids is 1. The van der Waals surface area contributed by atoms with Gasteiger partial charge in [0.05, 0.1) is 5.56 Å². The summed E-state index contributed by atoms with van der Waals surface area (Å²) in [4.78, 5) is 17.9. The molecule has 5 heteroatoms. The van der Waals surface area contributed by atoms with Gasteiger partial charge in [0.25, 0.3) is 0 Å². The molecule has 5 nitrogen and oxygen atoms in total. The molecule has 0 fully saturated rings. The highest BCUT2D eigenvalue weighted by Crippen LogP contribution is 2.26. The van der Waals surface area contributed by atoms with E-state index in [2.05, 4.69) is 11.1 Å². The van der Waals surface area contributed by atoms with Gasteiger partial charge in [0, 0.05) is 31.0 Å². The second kappa shape index (κ2) is 6.18. The Morgan fingerprint density at radius 3 is 2.68 bits per heavy atom. The lowest BCUT2D eigenvalue weighted by atomic mass is 9.95. The van der Waals surface area contributed by atoms with Crippen LogP contribution in [0.2, 0.25) is 0 Å². The first-order chi connectivity index (χ1) is 10.3. The van der Waals surface area contributed by atoms with Gasteiger partial charge in [0.15, 0.2) is 0 Å². The van der Waals surface area contributed by atoms with E-state index in [0.29, 0.717) is 25.1 Å². The monoisotopic (exact) mass is 299 g/mol. The van der Waals surface area contributed by atoms with Gasteiger partial charge in [0.2, 0.25) is 0 Å². The summed E-state index contributed by atoms with van der Waals surface area (Å²) in [6, 6.07) is 2.24. The fourth-order valence-electron chi connectivity index (χ4n) is 2.36. The molecule has 0 unspecified atom stereocenters. The number of rotatable bonds is 1. The van der Waals surface area contributed by atoms with E-state index in [-0.39, 0.29) is 6.09 Å². The first kappa shape index (κ1) is 16.0. The molecular formula is C17H21N3O2. The molecule has 0 saturated heterocycles. The van der Waals surface area contributed by atoms with Crippen molar-refractivity contribution in [3.63, 3.8) is 0 Å². The minimum absolute atomic E-state index is 0.300. The maximum atomic E-state index is 12.0. The summed E-state index contributed by atoms with van der Waals surface area (Å²) in [6.07, 6.45) is 5.79. The van der Waals surface area contributed by atoms with Gasteiger partial charge in [0.1, 0.15) is 11.7 Å². The standard InChI is InChI=1S/C17H21N3O2/c1-12-10-19-11-15(14(12)9-18)13-5-7-20(8-6-13)16(21)22-17(2,3)4/h5,10-11H,6-8H2,1-4H3. The van der Waals surface area contributed by atoms with E-state index in [4.69, 9.17) is 4.74 Å². The second-order valence-electron chi connectivity index (χ2n) is 6.40. The lowest BCUT2D eigenvalue weighted by Gasteiger charge is -2.29. The van der Waals surface area contributed by atoms with Crippen molar-refractivity contribution < 1.29 is 9.53 Å². The molecule has 116 valence electrons. The third-order valence-corrected chi connectivity index (χ3v) is 3.45. The number of hydrogen-bond donors (Lipinski definition) is 0. The first-order valence-corrected chi connectivity index (χ1v) is 7.34. The molecule has 1 aromatic rings. The Kier molecular flexibility index (Phi) is 4.51. The second-order valence-corrected chi connectivity index (χ2v) is 6.40. The number of hydrogen-bond acceptors (Lipinski definition) is 4. The van der Waals surface area contributed by atoms with Gasteiger partial charge in [-0.2, -0.15) is 5.26 Å². The van der Waals surface area contributed by atoms with Crippen LogP contribution in [0.5, 0.6) is 0 Å². The zero-order chi connectivity index (χ0) is 16.3. The molecule has 0 aliphatic carbocycles. The SMILES string of the molecule is Cc1cncc(C2=CCN(C(=O)OC(C)(C)C)CC2)c1C#N. The summed E-state index contributed by atoms with van der Waals surface area (Å²) in [5.74, 6) is 0. The van der Waals surface area contributed by atoms with Crippen molar-refractivity contribution in [2.45, 2.75) is 39.7 Å². The Balaban J connectivity index is 2.15.